The first-order valence-corrected chi connectivity index (χ1v) is 7.34. The first kappa shape index (κ1) is 14.6. The number of hydrogen-bond donors (Lipinski definition) is 1. The molecule has 0 aliphatic rings. The van der Waals surface area contributed by atoms with E-state index in [-0.39, 0.29) is 0 Å². The van der Waals surface area contributed by atoms with Crippen LogP contribution < -0.4 is 0 Å². The van der Waals surface area contributed by atoms with Crippen LogP contribution in [0.3, 0.4) is 0 Å². The molecule has 0 fully saturated rings. The molecule has 0 aliphatic carbocycles. The Morgan fingerprint density at radius 2 is 1.74 bits per heavy atom. The summed E-state index contributed by atoms with van der Waals surface area (Å²) in [5.41, 5.74) is 4.16. The minimum absolute atomic E-state index is 0.528. The van der Waals surface area contributed by atoms with E-state index in [4.69, 9.17) is 11.6 Å². The Balaban J connectivity index is 2.26. The van der Waals surface area contributed by atoms with E-state index in [1.54, 1.807) is 0 Å². The average Bonchev–Trinajstić information content (AvgIpc) is 2.38. The van der Waals surface area contributed by atoms with Crippen molar-refractivity contribution in [1.82, 2.24) is 0 Å². The van der Waals surface area contributed by atoms with Crippen molar-refractivity contribution >= 4 is 27.5 Å². The highest BCUT2D eigenvalue weighted by Gasteiger charge is 2.13. The van der Waals surface area contributed by atoms with Gasteiger partial charge in [0.2, 0.25) is 0 Å². The van der Waals surface area contributed by atoms with E-state index in [0.29, 0.717) is 11.4 Å². The molecule has 0 saturated heterocycles. The molecule has 1 N–H and O–H groups in total. The van der Waals surface area contributed by atoms with Gasteiger partial charge in [0.1, 0.15) is 0 Å². The third kappa shape index (κ3) is 3.38. The van der Waals surface area contributed by atoms with Crippen molar-refractivity contribution in [3.63, 3.8) is 0 Å². The van der Waals surface area contributed by atoms with Gasteiger partial charge in [-0.15, -0.1) is 0 Å². The van der Waals surface area contributed by atoms with Gasteiger partial charge in [0.15, 0.2) is 0 Å². The molecule has 0 amide bonds. The highest BCUT2D eigenvalue weighted by atomic mass is 79.9. The van der Waals surface area contributed by atoms with E-state index in [9.17, 15) is 5.11 Å². The van der Waals surface area contributed by atoms with Crippen LogP contribution in [0.4, 0.5) is 0 Å². The monoisotopic (exact) mass is 338 g/mol. The van der Waals surface area contributed by atoms with Crippen molar-refractivity contribution in [2.24, 2.45) is 0 Å². The molecule has 1 atom stereocenters. The predicted molar refractivity (Wildman–Crippen MR) is 83.7 cm³/mol. The number of aliphatic hydroxyl groups excluding tert-OH is 1. The first-order chi connectivity index (χ1) is 8.99. The van der Waals surface area contributed by atoms with Crippen LogP contribution in [0.5, 0.6) is 0 Å². The zero-order valence-electron chi connectivity index (χ0n) is 11.0. The van der Waals surface area contributed by atoms with E-state index < -0.39 is 6.10 Å². The normalized spacial score (nSPS) is 12.5. The van der Waals surface area contributed by atoms with Crippen LogP contribution in [-0.2, 0) is 6.42 Å². The average molecular weight is 340 g/mol. The highest BCUT2D eigenvalue weighted by molar-refractivity contribution is 9.10. The summed E-state index contributed by atoms with van der Waals surface area (Å²) in [6.45, 7) is 4.06. The largest absolute Gasteiger partial charge is 0.388 e. The second-order valence-corrected chi connectivity index (χ2v) is 5.98. The van der Waals surface area contributed by atoms with Crippen molar-refractivity contribution in [1.29, 1.82) is 0 Å². The molecule has 0 saturated carbocycles. The summed E-state index contributed by atoms with van der Waals surface area (Å²) in [6.07, 6.45) is -0.00870. The van der Waals surface area contributed by atoms with Gasteiger partial charge in [0.05, 0.1) is 6.10 Å². The molecular formula is C16H16BrClO. The van der Waals surface area contributed by atoms with Crippen LogP contribution >= 0.6 is 27.5 Å². The Morgan fingerprint density at radius 3 is 2.32 bits per heavy atom. The number of aliphatic hydroxyl groups is 1. The van der Waals surface area contributed by atoms with Gasteiger partial charge in [-0.1, -0.05) is 57.9 Å². The molecule has 2 aromatic rings. The molecule has 0 aliphatic heterocycles. The molecule has 100 valence electrons. The van der Waals surface area contributed by atoms with Gasteiger partial charge in [0.25, 0.3) is 0 Å². The fourth-order valence-electron chi connectivity index (χ4n) is 2.16. The summed E-state index contributed by atoms with van der Waals surface area (Å²) < 4.78 is 1.10. The van der Waals surface area contributed by atoms with Gasteiger partial charge >= 0.3 is 0 Å². The molecule has 2 rings (SSSR count). The lowest BCUT2D eigenvalue weighted by Gasteiger charge is -2.15. The fraction of sp³-hybridized carbons (Fsp3) is 0.250. The van der Waals surface area contributed by atoms with Crippen LogP contribution in [0.15, 0.2) is 40.9 Å². The lowest BCUT2D eigenvalue weighted by Crippen LogP contribution is -2.03. The molecular weight excluding hydrogens is 324 g/mol. The fourth-order valence-corrected chi connectivity index (χ4v) is 2.60. The zero-order valence-corrected chi connectivity index (χ0v) is 13.3. The Bertz CT molecular complexity index is 572. The summed E-state index contributed by atoms with van der Waals surface area (Å²) in [6, 6.07) is 11.7. The number of halogens is 2. The Labute approximate surface area is 127 Å². The molecule has 0 radical (unpaired) electrons. The molecule has 1 unspecified atom stereocenters. The van der Waals surface area contributed by atoms with E-state index in [2.05, 4.69) is 15.9 Å². The molecule has 1 nitrogen and oxygen atoms in total. The van der Waals surface area contributed by atoms with Crippen molar-refractivity contribution < 1.29 is 5.11 Å². The maximum absolute atomic E-state index is 10.4. The molecule has 3 heteroatoms. The highest BCUT2D eigenvalue weighted by Crippen LogP contribution is 2.28. The number of aryl methyl sites for hydroxylation is 2. The molecule has 0 heterocycles. The van der Waals surface area contributed by atoms with E-state index in [0.717, 1.165) is 26.7 Å². The van der Waals surface area contributed by atoms with Crippen LogP contribution in [0.1, 0.15) is 28.4 Å². The summed E-state index contributed by atoms with van der Waals surface area (Å²) in [7, 11) is 0. The van der Waals surface area contributed by atoms with Gasteiger partial charge in [-0.25, -0.2) is 0 Å². The minimum Gasteiger partial charge on any atom is -0.388 e. The van der Waals surface area contributed by atoms with E-state index >= 15 is 0 Å². The third-order valence-electron chi connectivity index (χ3n) is 3.21. The number of benzene rings is 2. The van der Waals surface area contributed by atoms with Gasteiger partial charge in [-0.05, 0) is 42.2 Å². The Hall–Kier alpha value is -0.830. The summed E-state index contributed by atoms with van der Waals surface area (Å²) >= 11 is 9.66. The van der Waals surface area contributed by atoms with Crippen molar-refractivity contribution in [3.8, 4) is 0 Å². The van der Waals surface area contributed by atoms with E-state index in [1.807, 2.05) is 50.2 Å². The molecule has 0 bridgehead atoms. The number of hydrogen-bond acceptors (Lipinski definition) is 1. The molecule has 19 heavy (non-hydrogen) atoms. The minimum atomic E-state index is -0.537. The van der Waals surface area contributed by atoms with Crippen molar-refractivity contribution in [3.05, 3.63) is 68.1 Å². The van der Waals surface area contributed by atoms with Gasteiger partial charge in [-0.2, -0.15) is 0 Å². The van der Waals surface area contributed by atoms with Crippen LogP contribution in [0.25, 0.3) is 0 Å². The summed E-state index contributed by atoms with van der Waals surface area (Å²) in [4.78, 5) is 0. The lowest BCUT2D eigenvalue weighted by atomic mass is 9.98. The predicted octanol–water partition coefficient (Wildman–Crippen LogP) is 5.00. The third-order valence-corrected chi connectivity index (χ3v) is 4.83. The Kier molecular flexibility index (Phi) is 4.67. The maximum atomic E-state index is 10.4. The topological polar surface area (TPSA) is 20.2 Å². The Morgan fingerprint density at radius 1 is 1.16 bits per heavy atom. The van der Waals surface area contributed by atoms with Gasteiger partial charge in [0, 0.05) is 15.9 Å². The molecule has 2 aromatic carbocycles. The van der Waals surface area contributed by atoms with Crippen LogP contribution in [0.2, 0.25) is 5.02 Å². The van der Waals surface area contributed by atoms with Gasteiger partial charge in [-0.3, -0.25) is 0 Å². The first-order valence-electron chi connectivity index (χ1n) is 6.17. The molecule has 0 spiro atoms. The van der Waals surface area contributed by atoms with Gasteiger partial charge < -0.3 is 5.11 Å². The summed E-state index contributed by atoms with van der Waals surface area (Å²) in [5.74, 6) is 0. The van der Waals surface area contributed by atoms with Crippen LogP contribution in [0, 0.1) is 13.8 Å². The maximum Gasteiger partial charge on any atom is 0.0831 e. The van der Waals surface area contributed by atoms with Crippen molar-refractivity contribution in [2.45, 2.75) is 26.4 Å². The lowest BCUT2D eigenvalue weighted by molar-refractivity contribution is 0.178. The molecule has 0 aromatic heterocycles. The summed E-state index contributed by atoms with van der Waals surface area (Å²) in [5, 5.41) is 11.1. The van der Waals surface area contributed by atoms with Crippen molar-refractivity contribution in [2.75, 3.05) is 0 Å². The standard InChI is InChI=1S/C16H16BrClO/c1-10-7-13(8-11(2)16(10)17)15(19)9-12-5-3-4-6-14(12)18/h3-8,15,19H,9H2,1-2H3. The smallest absolute Gasteiger partial charge is 0.0831 e. The zero-order chi connectivity index (χ0) is 14.0. The SMILES string of the molecule is Cc1cc(C(O)Cc2ccccc2Cl)cc(C)c1Br. The van der Waals surface area contributed by atoms with E-state index in [1.165, 1.54) is 0 Å². The second-order valence-electron chi connectivity index (χ2n) is 4.78. The van der Waals surface area contributed by atoms with Crippen LogP contribution in [-0.4, -0.2) is 5.11 Å². The number of rotatable bonds is 3. The second kappa shape index (κ2) is 6.08. The quantitative estimate of drug-likeness (QED) is 0.834.